The number of cyclic esters (lactones) is 1. The molecule has 0 amide bonds. The molecule has 1 fully saturated rings. The first-order valence-electron chi connectivity index (χ1n) is 8.64. The molecule has 0 N–H and O–H groups in total. The van der Waals surface area contributed by atoms with E-state index < -0.39 is 0 Å². The number of ether oxygens (including phenoxy) is 1. The molecule has 0 spiro atoms. The molecular weight excluding hydrogens is 272 g/mol. The van der Waals surface area contributed by atoms with Gasteiger partial charge in [-0.15, -0.1) is 0 Å². The molecule has 1 heterocycles. The Morgan fingerprint density at radius 2 is 2.00 bits per heavy atom. The Morgan fingerprint density at radius 1 is 1.32 bits per heavy atom. The van der Waals surface area contributed by atoms with Crippen molar-refractivity contribution in [3.63, 3.8) is 0 Å². The molecule has 1 aliphatic heterocycles. The summed E-state index contributed by atoms with van der Waals surface area (Å²) < 4.78 is 5.23. The van der Waals surface area contributed by atoms with Crippen LogP contribution in [-0.4, -0.2) is 12.6 Å². The van der Waals surface area contributed by atoms with E-state index in [4.69, 9.17) is 4.74 Å². The molecule has 1 saturated heterocycles. The molecule has 124 valence electrons. The topological polar surface area (TPSA) is 26.3 Å². The second kappa shape index (κ2) is 6.22. The Kier molecular flexibility index (Phi) is 4.89. The van der Waals surface area contributed by atoms with Gasteiger partial charge in [-0.1, -0.05) is 57.9 Å². The normalized spacial score (nSPS) is 26.5. The van der Waals surface area contributed by atoms with Crippen molar-refractivity contribution in [2.45, 2.75) is 67.2 Å². The largest absolute Gasteiger partial charge is 0.465 e. The van der Waals surface area contributed by atoms with Crippen molar-refractivity contribution in [1.29, 1.82) is 0 Å². The van der Waals surface area contributed by atoms with E-state index in [1.807, 2.05) is 0 Å². The molecule has 2 atom stereocenters. The Hall–Kier alpha value is -1.05. The van der Waals surface area contributed by atoms with Crippen molar-refractivity contribution < 1.29 is 9.53 Å². The van der Waals surface area contributed by atoms with E-state index in [2.05, 4.69) is 53.7 Å². The van der Waals surface area contributed by atoms with Crippen LogP contribution in [0.1, 0.15) is 67.2 Å². The summed E-state index contributed by atoms with van der Waals surface area (Å²) in [5, 5.41) is 0. The van der Waals surface area contributed by atoms with Crippen LogP contribution in [0.15, 0.2) is 23.3 Å². The van der Waals surface area contributed by atoms with E-state index in [1.165, 1.54) is 17.6 Å². The molecular formula is C20H32O2. The highest BCUT2D eigenvalue weighted by Crippen LogP contribution is 2.44. The Balaban J connectivity index is 1.96. The van der Waals surface area contributed by atoms with Gasteiger partial charge < -0.3 is 4.74 Å². The van der Waals surface area contributed by atoms with Crippen LogP contribution >= 0.6 is 0 Å². The van der Waals surface area contributed by atoms with E-state index >= 15 is 0 Å². The maximum absolute atomic E-state index is 11.6. The van der Waals surface area contributed by atoms with Gasteiger partial charge in [0, 0.05) is 5.92 Å². The zero-order valence-electron chi connectivity index (χ0n) is 15.2. The van der Waals surface area contributed by atoms with Gasteiger partial charge in [0.1, 0.15) is 0 Å². The first kappa shape index (κ1) is 17.3. The summed E-state index contributed by atoms with van der Waals surface area (Å²) in [5.41, 5.74) is 3.47. The minimum absolute atomic E-state index is 0.0156. The zero-order valence-corrected chi connectivity index (χ0v) is 15.2. The lowest BCUT2D eigenvalue weighted by Crippen LogP contribution is -2.25. The lowest BCUT2D eigenvalue weighted by atomic mass is 9.70. The highest BCUT2D eigenvalue weighted by atomic mass is 16.5. The molecule has 0 radical (unpaired) electrons. The Morgan fingerprint density at radius 3 is 2.64 bits per heavy atom. The summed E-state index contributed by atoms with van der Waals surface area (Å²) >= 11 is 0. The standard InChI is InChI=1S/C20H32O2/c1-14(19(2,3)4)8-7-11-20(5,6)16-9-10-17-15(12-16)13-22-18(17)21/h8-9,15,17H,7,10-13H2,1-6H3/b14-8+. The molecule has 0 saturated carbocycles. The van der Waals surface area contributed by atoms with Gasteiger partial charge in [0.15, 0.2) is 0 Å². The fraction of sp³-hybridized carbons (Fsp3) is 0.750. The number of allylic oxidation sites excluding steroid dienone is 4. The summed E-state index contributed by atoms with van der Waals surface area (Å²) in [6, 6.07) is 0. The average molecular weight is 304 g/mol. The molecule has 2 rings (SSSR count). The van der Waals surface area contributed by atoms with Crippen molar-refractivity contribution >= 4 is 5.97 Å². The second-order valence-corrected chi connectivity index (χ2v) is 8.73. The maximum atomic E-state index is 11.6. The molecule has 2 nitrogen and oxygen atoms in total. The number of carbonyl (C=O) groups is 1. The monoisotopic (exact) mass is 304 g/mol. The van der Waals surface area contributed by atoms with Crippen LogP contribution in [-0.2, 0) is 9.53 Å². The van der Waals surface area contributed by atoms with Gasteiger partial charge in [-0.25, -0.2) is 0 Å². The molecule has 2 aliphatic rings. The van der Waals surface area contributed by atoms with Crippen LogP contribution in [0.5, 0.6) is 0 Å². The van der Waals surface area contributed by atoms with Gasteiger partial charge in [-0.3, -0.25) is 4.79 Å². The highest BCUT2D eigenvalue weighted by molar-refractivity contribution is 5.75. The van der Waals surface area contributed by atoms with E-state index in [9.17, 15) is 4.79 Å². The fourth-order valence-electron chi connectivity index (χ4n) is 3.40. The van der Waals surface area contributed by atoms with Gasteiger partial charge in [0.05, 0.1) is 12.5 Å². The first-order chi connectivity index (χ1) is 10.1. The number of hydrogen-bond donors (Lipinski definition) is 0. The van der Waals surface area contributed by atoms with Crippen LogP contribution in [0.25, 0.3) is 0 Å². The van der Waals surface area contributed by atoms with Gasteiger partial charge in [-0.05, 0) is 43.4 Å². The predicted octanol–water partition coefficient (Wildman–Crippen LogP) is 5.29. The third-order valence-electron chi connectivity index (χ3n) is 5.68. The average Bonchev–Trinajstić information content (AvgIpc) is 2.78. The lowest BCUT2D eigenvalue weighted by Gasteiger charge is -2.33. The van der Waals surface area contributed by atoms with Gasteiger partial charge >= 0.3 is 5.97 Å². The molecule has 2 unspecified atom stereocenters. The summed E-state index contributed by atoms with van der Waals surface area (Å²) in [6.45, 7) is 14.4. The van der Waals surface area contributed by atoms with Crippen molar-refractivity contribution in [3.05, 3.63) is 23.3 Å². The van der Waals surface area contributed by atoms with Crippen LogP contribution in [0.4, 0.5) is 0 Å². The fourth-order valence-corrected chi connectivity index (χ4v) is 3.40. The van der Waals surface area contributed by atoms with Gasteiger partial charge in [-0.2, -0.15) is 0 Å². The minimum Gasteiger partial charge on any atom is -0.465 e. The number of carbonyl (C=O) groups excluding carboxylic acids is 1. The first-order valence-corrected chi connectivity index (χ1v) is 8.64. The van der Waals surface area contributed by atoms with Crippen molar-refractivity contribution in [1.82, 2.24) is 0 Å². The molecule has 0 bridgehead atoms. The van der Waals surface area contributed by atoms with Gasteiger partial charge in [0.25, 0.3) is 0 Å². The van der Waals surface area contributed by atoms with E-state index in [0.29, 0.717) is 12.5 Å². The van der Waals surface area contributed by atoms with Crippen LogP contribution < -0.4 is 0 Å². The zero-order chi connectivity index (χ0) is 16.5. The van der Waals surface area contributed by atoms with E-state index in [1.54, 1.807) is 0 Å². The van der Waals surface area contributed by atoms with Crippen LogP contribution in [0, 0.1) is 22.7 Å². The SMILES string of the molecule is C/C(=C\CCC(C)(C)C1=CCC2C(=O)OCC2C1)C(C)(C)C. The smallest absolute Gasteiger partial charge is 0.309 e. The number of fused-ring (bicyclic) bond motifs is 1. The lowest BCUT2D eigenvalue weighted by molar-refractivity contribution is -0.141. The molecule has 1 aliphatic carbocycles. The third-order valence-corrected chi connectivity index (χ3v) is 5.68. The molecule has 2 heteroatoms. The van der Waals surface area contributed by atoms with Crippen molar-refractivity contribution in [3.8, 4) is 0 Å². The number of rotatable bonds is 4. The summed E-state index contributed by atoms with van der Waals surface area (Å²) in [6.07, 6.45) is 8.91. The van der Waals surface area contributed by atoms with E-state index in [0.717, 1.165) is 19.3 Å². The molecule has 22 heavy (non-hydrogen) atoms. The molecule has 0 aromatic carbocycles. The Labute approximate surface area is 136 Å². The predicted molar refractivity (Wildman–Crippen MR) is 91.5 cm³/mol. The maximum Gasteiger partial charge on any atom is 0.309 e. The third kappa shape index (κ3) is 3.83. The highest BCUT2D eigenvalue weighted by Gasteiger charge is 2.40. The summed E-state index contributed by atoms with van der Waals surface area (Å²) in [7, 11) is 0. The van der Waals surface area contributed by atoms with Crippen LogP contribution in [0.3, 0.4) is 0 Å². The minimum atomic E-state index is 0.0156. The van der Waals surface area contributed by atoms with Gasteiger partial charge in [0.2, 0.25) is 0 Å². The summed E-state index contributed by atoms with van der Waals surface area (Å²) in [5.74, 6) is 0.558. The summed E-state index contributed by atoms with van der Waals surface area (Å²) in [4.78, 5) is 11.6. The molecule has 0 aromatic rings. The van der Waals surface area contributed by atoms with Crippen LogP contribution in [0.2, 0.25) is 0 Å². The van der Waals surface area contributed by atoms with Crippen molar-refractivity contribution in [2.75, 3.05) is 6.61 Å². The Bertz CT molecular complexity index is 488. The molecule has 0 aromatic heterocycles. The number of hydrogen-bond acceptors (Lipinski definition) is 2. The van der Waals surface area contributed by atoms with E-state index in [-0.39, 0.29) is 22.7 Å². The quantitative estimate of drug-likeness (QED) is 0.521. The second-order valence-electron chi connectivity index (χ2n) is 8.73. The number of esters is 1. The van der Waals surface area contributed by atoms with Crippen molar-refractivity contribution in [2.24, 2.45) is 22.7 Å².